The van der Waals surface area contributed by atoms with Gasteiger partial charge in [-0.3, -0.25) is 5.41 Å². The van der Waals surface area contributed by atoms with Crippen molar-refractivity contribution in [3.63, 3.8) is 0 Å². The zero-order valence-electron chi connectivity index (χ0n) is 18.1. The van der Waals surface area contributed by atoms with Crippen LogP contribution in [0.5, 0.6) is 0 Å². The summed E-state index contributed by atoms with van der Waals surface area (Å²) in [5.41, 5.74) is 6.67. The Hall–Kier alpha value is -3.16. The van der Waals surface area contributed by atoms with Gasteiger partial charge in [0, 0.05) is 0 Å². The van der Waals surface area contributed by atoms with Gasteiger partial charge in [0.25, 0.3) is 0 Å². The van der Waals surface area contributed by atoms with Gasteiger partial charge in [-0.25, -0.2) is 18.0 Å². The van der Waals surface area contributed by atoms with E-state index in [-0.39, 0.29) is 21.2 Å². The fraction of sp³-hybridized carbons (Fsp3) is 0.136. The van der Waals surface area contributed by atoms with Gasteiger partial charge in [0.1, 0.15) is 5.84 Å². The molecule has 0 aliphatic rings. The smallest absolute Gasteiger partial charge is 0.383 e. The lowest BCUT2D eigenvalue weighted by molar-refractivity contribution is -0.193. The van der Waals surface area contributed by atoms with Gasteiger partial charge in [-0.1, -0.05) is 18.2 Å². The quantitative estimate of drug-likeness (QED) is 0.150. The molecule has 3 N–H and O–H groups in total. The van der Waals surface area contributed by atoms with Crippen molar-refractivity contribution in [1.82, 2.24) is 0 Å². The number of esters is 2. The van der Waals surface area contributed by atoms with Crippen molar-refractivity contribution in [2.45, 2.75) is 27.1 Å². The molecular formula is C22H17F3N2O5S3. The SMILES string of the molecule is CSc1sc(C(=N)N)cc1S(=O)(=O)c1cccc(-c2ccc(C(=O)OC(=O)C(F)(F)F)cc2C)c1. The number of halogens is 3. The number of nitrogens with two attached hydrogens (primary N) is 1. The van der Waals surface area contributed by atoms with E-state index in [4.69, 9.17) is 11.1 Å². The summed E-state index contributed by atoms with van der Waals surface area (Å²) in [6.07, 6.45) is -3.59. The number of carbonyl (C=O) groups is 2. The Morgan fingerprint density at radius 2 is 1.80 bits per heavy atom. The number of sulfone groups is 1. The summed E-state index contributed by atoms with van der Waals surface area (Å²) in [4.78, 5) is 23.2. The maximum Gasteiger partial charge on any atom is 0.491 e. The van der Waals surface area contributed by atoms with Gasteiger partial charge in [-0.05, 0) is 60.2 Å². The first-order chi connectivity index (χ1) is 16.3. The fourth-order valence-corrected chi connectivity index (χ4v) is 7.00. The van der Waals surface area contributed by atoms with Crippen LogP contribution < -0.4 is 5.73 Å². The van der Waals surface area contributed by atoms with E-state index in [1.165, 1.54) is 54.2 Å². The molecule has 0 atom stereocenters. The van der Waals surface area contributed by atoms with E-state index < -0.39 is 28.0 Å². The molecule has 0 saturated heterocycles. The highest BCUT2D eigenvalue weighted by atomic mass is 32.2. The Labute approximate surface area is 206 Å². The lowest BCUT2D eigenvalue weighted by Gasteiger charge is -2.11. The first kappa shape index (κ1) is 26.4. The third-order valence-corrected chi connectivity index (χ3v) is 9.08. The summed E-state index contributed by atoms with van der Waals surface area (Å²) in [5, 5.41) is 7.59. The molecule has 7 nitrogen and oxygen atoms in total. The number of hydrogen-bond acceptors (Lipinski definition) is 8. The standard InChI is InChI=1S/C22H17F3N2O5S3/c1-11-8-13(19(28)32-21(29)22(23,24)25)6-7-15(11)12-4-3-5-14(9-12)35(30,31)17-10-16(18(26)27)34-20(17)33-2/h3-10H,1-2H3,(H3,26,27). The molecule has 0 aliphatic heterocycles. The average molecular weight is 543 g/mol. The minimum atomic E-state index is -5.31. The number of rotatable bonds is 6. The summed E-state index contributed by atoms with van der Waals surface area (Å²) >= 11 is 2.32. The number of alkyl halides is 3. The molecule has 3 aromatic rings. The molecule has 13 heteroatoms. The molecule has 3 rings (SSSR count). The first-order valence-corrected chi connectivity index (χ1v) is 13.1. The molecule has 0 spiro atoms. The fourth-order valence-electron chi connectivity index (χ4n) is 3.09. The second kappa shape index (κ2) is 9.84. The largest absolute Gasteiger partial charge is 0.491 e. The van der Waals surface area contributed by atoms with Gasteiger partial charge < -0.3 is 10.5 Å². The molecule has 0 amide bonds. The molecule has 0 aliphatic carbocycles. The van der Waals surface area contributed by atoms with Crippen LogP contribution in [0.2, 0.25) is 0 Å². The van der Waals surface area contributed by atoms with Gasteiger partial charge in [0.05, 0.1) is 24.4 Å². The number of nitrogens with one attached hydrogen (secondary N) is 1. The Kier molecular flexibility index (Phi) is 7.43. The van der Waals surface area contributed by atoms with Crippen LogP contribution in [0, 0.1) is 12.3 Å². The number of benzene rings is 2. The van der Waals surface area contributed by atoms with Crippen LogP contribution in [0.25, 0.3) is 11.1 Å². The molecule has 0 fully saturated rings. The number of ether oxygens (including phenoxy) is 1. The van der Waals surface area contributed by atoms with Gasteiger partial charge in [-0.15, -0.1) is 23.1 Å². The molecule has 0 unspecified atom stereocenters. The maximum atomic E-state index is 13.3. The van der Waals surface area contributed by atoms with Gasteiger partial charge >= 0.3 is 18.1 Å². The molecule has 184 valence electrons. The highest BCUT2D eigenvalue weighted by Gasteiger charge is 2.42. The van der Waals surface area contributed by atoms with Crippen LogP contribution in [0.3, 0.4) is 0 Å². The second-order valence-corrected chi connectivity index (χ2v) is 11.2. The Morgan fingerprint density at radius 3 is 2.37 bits per heavy atom. The number of nitrogen functional groups attached to an aromatic ring is 1. The minimum Gasteiger partial charge on any atom is -0.383 e. The zero-order chi connectivity index (χ0) is 26.1. The van der Waals surface area contributed by atoms with Crippen molar-refractivity contribution in [2.24, 2.45) is 5.73 Å². The average Bonchev–Trinajstić information content (AvgIpc) is 3.24. The summed E-state index contributed by atoms with van der Waals surface area (Å²) < 4.78 is 68.0. The second-order valence-electron chi connectivity index (χ2n) is 7.12. The molecule has 1 aromatic heterocycles. The van der Waals surface area contributed by atoms with Crippen LogP contribution in [0.4, 0.5) is 13.2 Å². The summed E-state index contributed by atoms with van der Waals surface area (Å²) in [5.74, 6) is -4.32. The van der Waals surface area contributed by atoms with Crippen LogP contribution >= 0.6 is 23.1 Å². The van der Waals surface area contributed by atoms with Crippen molar-refractivity contribution >= 4 is 50.7 Å². The van der Waals surface area contributed by atoms with E-state index in [0.29, 0.717) is 25.8 Å². The van der Waals surface area contributed by atoms with Crippen molar-refractivity contribution in [3.8, 4) is 11.1 Å². The summed E-state index contributed by atoms with van der Waals surface area (Å²) in [6, 6.07) is 11.2. The molecular weight excluding hydrogens is 525 g/mol. The Bertz CT molecular complexity index is 1450. The van der Waals surface area contributed by atoms with Crippen molar-refractivity contribution < 1.29 is 35.9 Å². The van der Waals surface area contributed by atoms with E-state index >= 15 is 0 Å². The van der Waals surface area contributed by atoms with E-state index in [1.807, 2.05) is 0 Å². The minimum absolute atomic E-state index is 0.0168. The van der Waals surface area contributed by atoms with Crippen molar-refractivity contribution in [2.75, 3.05) is 6.26 Å². The third kappa shape index (κ3) is 5.57. The number of aryl methyl sites for hydroxylation is 1. The van der Waals surface area contributed by atoms with E-state index in [1.54, 1.807) is 19.2 Å². The van der Waals surface area contributed by atoms with Crippen LogP contribution in [-0.4, -0.2) is 38.6 Å². The molecule has 2 aromatic carbocycles. The highest BCUT2D eigenvalue weighted by molar-refractivity contribution is 8.01. The molecule has 1 heterocycles. The van der Waals surface area contributed by atoms with Crippen LogP contribution in [-0.2, 0) is 19.4 Å². The highest BCUT2D eigenvalue weighted by Crippen LogP contribution is 2.38. The van der Waals surface area contributed by atoms with E-state index in [2.05, 4.69) is 4.74 Å². The van der Waals surface area contributed by atoms with Gasteiger partial charge in [0.2, 0.25) is 9.84 Å². The topological polar surface area (TPSA) is 127 Å². The first-order valence-electron chi connectivity index (χ1n) is 9.57. The number of hydrogen-bond donors (Lipinski definition) is 2. The predicted molar refractivity (Wildman–Crippen MR) is 126 cm³/mol. The number of thioether (sulfide) groups is 1. The number of thiophene rings is 1. The van der Waals surface area contributed by atoms with Crippen molar-refractivity contribution in [3.05, 3.63) is 64.5 Å². The van der Waals surface area contributed by atoms with E-state index in [0.717, 1.165) is 11.3 Å². The van der Waals surface area contributed by atoms with Gasteiger partial charge in [0.15, 0.2) is 0 Å². The van der Waals surface area contributed by atoms with E-state index in [9.17, 15) is 31.2 Å². The number of carbonyl (C=O) groups excluding carboxylic acids is 2. The lowest BCUT2D eigenvalue weighted by Crippen LogP contribution is -2.28. The molecule has 0 radical (unpaired) electrons. The number of amidine groups is 1. The lowest BCUT2D eigenvalue weighted by atomic mass is 9.98. The van der Waals surface area contributed by atoms with Crippen LogP contribution in [0.1, 0.15) is 20.8 Å². The maximum absolute atomic E-state index is 13.3. The summed E-state index contributed by atoms with van der Waals surface area (Å²) in [7, 11) is -3.97. The monoisotopic (exact) mass is 542 g/mol. The van der Waals surface area contributed by atoms with Crippen LogP contribution in [0.15, 0.2) is 62.5 Å². The molecule has 35 heavy (non-hydrogen) atoms. The summed E-state index contributed by atoms with van der Waals surface area (Å²) in [6.45, 7) is 1.57. The third-order valence-electron chi connectivity index (χ3n) is 4.74. The normalized spacial score (nSPS) is 11.8. The Balaban J connectivity index is 1.97. The Morgan fingerprint density at radius 1 is 1.11 bits per heavy atom. The zero-order valence-corrected chi connectivity index (χ0v) is 20.5. The van der Waals surface area contributed by atoms with Crippen molar-refractivity contribution in [1.29, 1.82) is 5.41 Å². The molecule has 0 saturated carbocycles. The van der Waals surface area contributed by atoms with Gasteiger partial charge in [-0.2, -0.15) is 13.2 Å². The molecule has 0 bridgehead atoms. The predicted octanol–water partition coefficient (Wildman–Crippen LogP) is 4.81.